The van der Waals surface area contributed by atoms with Gasteiger partial charge in [0.1, 0.15) is 5.82 Å². The maximum atomic E-state index is 12.9. The van der Waals surface area contributed by atoms with Crippen LogP contribution in [0.1, 0.15) is 32.1 Å². The first-order valence-corrected chi connectivity index (χ1v) is 11.9. The largest absolute Gasteiger partial charge is 0.310 e. The first-order valence-electron chi connectivity index (χ1n) is 9.73. The highest BCUT2D eigenvalue weighted by Crippen LogP contribution is 2.25. The van der Waals surface area contributed by atoms with Crippen molar-refractivity contribution in [3.05, 3.63) is 22.8 Å². The van der Waals surface area contributed by atoms with Gasteiger partial charge < -0.3 is 5.32 Å². The van der Waals surface area contributed by atoms with Gasteiger partial charge in [-0.1, -0.05) is 19.3 Å². The zero-order valence-electron chi connectivity index (χ0n) is 16.2. The minimum atomic E-state index is -3.44. The van der Waals surface area contributed by atoms with E-state index in [0.29, 0.717) is 32.0 Å². The predicted octanol–water partition coefficient (Wildman–Crippen LogP) is 1.91. The second-order valence-corrected chi connectivity index (χ2v) is 10.3. The van der Waals surface area contributed by atoms with Gasteiger partial charge in [0.05, 0.1) is 6.54 Å². The smallest absolute Gasteiger partial charge is 0.282 e. The van der Waals surface area contributed by atoms with Crippen molar-refractivity contribution in [1.29, 1.82) is 0 Å². The van der Waals surface area contributed by atoms with E-state index in [1.165, 1.54) is 6.42 Å². The number of hydrogen-bond donors (Lipinski definition) is 1. The van der Waals surface area contributed by atoms with Gasteiger partial charge in [0.15, 0.2) is 0 Å². The van der Waals surface area contributed by atoms with Crippen molar-refractivity contribution < 1.29 is 13.2 Å². The highest BCUT2D eigenvalue weighted by Gasteiger charge is 2.34. The third-order valence-electron chi connectivity index (χ3n) is 5.47. The van der Waals surface area contributed by atoms with Crippen molar-refractivity contribution in [3.63, 3.8) is 0 Å². The molecule has 0 spiro atoms. The third-order valence-corrected chi connectivity index (χ3v) is 7.99. The molecule has 3 rings (SSSR count). The number of halogens is 1. The Morgan fingerprint density at radius 2 is 1.89 bits per heavy atom. The Morgan fingerprint density at radius 1 is 1.21 bits per heavy atom. The lowest BCUT2D eigenvalue weighted by molar-refractivity contribution is -0.117. The second-order valence-electron chi connectivity index (χ2n) is 7.40. The Bertz CT molecular complexity index is 760. The SMILES string of the molecule is CN(C1CCCCC1)S(=O)(=O)N1CCN(CC(=O)Nc2ccc(Br)cn2)CC1. The highest BCUT2D eigenvalue weighted by molar-refractivity contribution is 9.10. The molecule has 1 saturated heterocycles. The van der Waals surface area contributed by atoms with Crippen LogP contribution in [0.5, 0.6) is 0 Å². The van der Waals surface area contributed by atoms with Gasteiger partial charge in [0, 0.05) is 49.9 Å². The van der Waals surface area contributed by atoms with Crippen molar-refractivity contribution in [2.45, 2.75) is 38.1 Å². The number of nitrogens with zero attached hydrogens (tertiary/aromatic N) is 4. The molecular formula is C18H28BrN5O3S. The first-order chi connectivity index (χ1) is 13.4. The molecule has 8 nitrogen and oxygen atoms in total. The molecule has 156 valence electrons. The molecule has 10 heteroatoms. The van der Waals surface area contributed by atoms with Gasteiger partial charge in [-0.15, -0.1) is 0 Å². The Morgan fingerprint density at radius 3 is 2.50 bits per heavy atom. The van der Waals surface area contributed by atoms with E-state index in [1.807, 2.05) is 11.0 Å². The number of carbonyl (C=O) groups is 1. The van der Waals surface area contributed by atoms with E-state index in [9.17, 15) is 13.2 Å². The zero-order valence-corrected chi connectivity index (χ0v) is 18.6. The van der Waals surface area contributed by atoms with E-state index in [2.05, 4.69) is 26.2 Å². The summed E-state index contributed by atoms with van der Waals surface area (Å²) in [6.07, 6.45) is 6.91. The summed E-state index contributed by atoms with van der Waals surface area (Å²) in [6, 6.07) is 3.66. The number of aromatic nitrogens is 1. The molecule has 0 aromatic carbocycles. The summed E-state index contributed by atoms with van der Waals surface area (Å²) in [7, 11) is -1.74. The van der Waals surface area contributed by atoms with Crippen LogP contribution < -0.4 is 5.32 Å². The molecule has 1 aliphatic heterocycles. The Balaban J connectivity index is 1.48. The lowest BCUT2D eigenvalue weighted by Gasteiger charge is -2.38. The minimum absolute atomic E-state index is 0.112. The standard InChI is InChI=1S/C18H28BrN5O3S/c1-22(16-5-3-2-4-6-16)28(26,27)24-11-9-23(10-12-24)14-18(25)21-17-8-7-15(19)13-20-17/h7-8,13,16H,2-6,9-12,14H2,1H3,(H,20,21,25). The molecular weight excluding hydrogens is 446 g/mol. The van der Waals surface area contributed by atoms with E-state index in [0.717, 1.165) is 30.2 Å². The van der Waals surface area contributed by atoms with Crippen LogP contribution >= 0.6 is 15.9 Å². The maximum Gasteiger partial charge on any atom is 0.282 e. The van der Waals surface area contributed by atoms with Gasteiger partial charge in [-0.2, -0.15) is 17.0 Å². The van der Waals surface area contributed by atoms with E-state index in [-0.39, 0.29) is 18.5 Å². The van der Waals surface area contributed by atoms with Crippen LogP contribution in [0, 0.1) is 0 Å². The molecule has 1 aromatic heterocycles. The quantitative estimate of drug-likeness (QED) is 0.681. The number of rotatable bonds is 6. The highest BCUT2D eigenvalue weighted by atomic mass is 79.9. The van der Waals surface area contributed by atoms with Gasteiger partial charge in [0.2, 0.25) is 5.91 Å². The monoisotopic (exact) mass is 473 g/mol. The Hall–Kier alpha value is -1.07. The summed E-state index contributed by atoms with van der Waals surface area (Å²) in [6.45, 7) is 2.12. The molecule has 2 fully saturated rings. The molecule has 2 heterocycles. The van der Waals surface area contributed by atoms with Crippen molar-refractivity contribution in [1.82, 2.24) is 18.5 Å². The van der Waals surface area contributed by atoms with Crippen LogP contribution in [0.3, 0.4) is 0 Å². The molecule has 1 N–H and O–H groups in total. The van der Waals surface area contributed by atoms with Gasteiger partial charge >= 0.3 is 0 Å². The fourth-order valence-corrected chi connectivity index (χ4v) is 5.58. The fourth-order valence-electron chi connectivity index (χ4n) is 3.77. The maximum absolute atomic E-state index is 12.9. The molecule has 2 aliphatic rings. The lowest BCUT2D eigenvalue weighted by Crippen LogP contribution is -2.55. The summed E-state index contributed by atoms with van der Waals surface area (Å²) in [5.74, 6) is 0.356. The molecule has 28 heavy (non-hydrogen) atoms. The van der Waals surface area contributed by atoms with Gasteiger partial charge in [-0.25, -0.2) is 4.98 Å². The summed E-state index contributed by atoms with van der Waals surface area (Å²) >= 11 is 3.31. The first kappa shape index (κ1) is 21.6. The van der Waals surface area contributed by atoms with Crippen LogP contribution in [-0.4, -0.2) is 78.6 Å². The van der Waals surface area contributed by atoms with Crippen LogP contribution in [-0.2, 0) is 15.0 Å². The molecule has 1 amide bonds. The van der Waals surface area contributed by atoms with Crippen LogP contribution in [0.25, 0.3) is 0 Å². The molecule has 0 atom stereocenters. The second kappa shape index (κ2) is 9.62. The Kier molecular flexibility index (Phi) is 7.43. The minimum Gasteiger partial charge on any atom is -0.310 e. The van der Waals surface area contributed by atoms with Gasteiger partial charge in [0.25, 0.3) is 10.2 Å². The topological polar surface area (TPSA) is 85.9 Å². The lowest BCUT2D eigenvalue weighted by atomic mass is 9.96. The molecule has 1 aromatic rings. The molecule has 1 aliphatic carbocycles. The fraction of sp³-hybridized carbons (Fsp3) is 0.667. The van der Waals surface area contributed by atoms with Gasteiger partial charge in [-0.05, 0) is 40.9 Å². The number of piperazine rings is 1. The van der Waals surface area contributed by atoms with E-state index in [4.69, 9.17) is 0 Å². The normalized spacial score (nSPS) is 20.4. The Labute approximate surface area is 175 Å². The van der Waals surface area contributed by atoms with Crippen molar-refractivity contribution in [2.24, 2.45) is 0 Å². The summed E-state index contributed by atoms with van der Waals surface area (Å²) in [5, 5.41) is 2.77. The molecule has 0 bridgehead atoms. The summed E-state index contributed by atoms with van der Waals surface area (Å²) in [5.41, 5.74) is 0. The predicted molar refractivity (Wildman–Crippen MR) is 112 cm³/mol. The molecule has 0 unspecified atom stereocenters. The molecule has 0 radical (unpaired) electrons. The number of carbonyl (C=O) groups excluding carboxylic acids is 1. The van der Waals surface area contributed by atoms with Gasteiger partial charge in [-0.3, -0.25) is 9.69 Å². The van der Waals surface area contributed by atoms with E-state index >= 15 is 0 Å². The molecule has 1 saturated carbocycles. The number of nitrogens with one attached hydrogen (secondary N) is 1. The van der Waals surface area contributed by atoms with Crippen LogP contribution in [0.15, 0.2) is 22.8 Å². The van der Waals surface area contributed by atoms with Crippen molar-refractivity contribution in [3.8, 4) is 0 Å². The van der Waals surface area contributed by atoms with Crippen LogP contribution in [0.4, 0.5) is 5.82 Å². The number of amides is 1. The summed E-state index contributed by atoms with van der Waals surface area (Å²) in [4.78, 5) is 18.3. The zero-order chi connectivity index (χ0) is 20.1. The van der Waals surface area contributed by atoms with E-state index < -0.39 is 10.2 Å². The average molecular weight is 474 g/mol. The number of hydrogen-bond acceptors (Lipinski definition) is 5. The average Bonchev–Trinajstić information content (AvgIpc) is 2.70. The van der Waals surface area contributed by atoms with E-state index in [1.54, 1.807) is 27.9 Å². The van der Waals surface area contributed by atoms with Crippen molar-refractivity contribution in [2.75, 3.05) is 45.1 Å². The summed E-state index contributed by atoms with van der Waals surface area (Å²) < 4.78 is 29.8. The van der Waals surface area contributed by atoms with Crippen LogP contribution in [0.2, 0.25) is 0 Å². The number of anilines is 1. The third kappa shape index (κ3) is 5.50. The van der Waals surface area contributed by atoms with Crippen molar-refractivity contribution >= 4 is 37.9 Å². The number of pyridine rings is 1.